The zero-order valence-electron chi connectivity index (χ0n) is 16.3. The second-order valence-corrected chi connectivity index (χ2v) is 5.66. The van der Waals surface area contributed by atoms with Gasteiger partial charge in [0.1, 0.15) is 12.4 Å². The third-order valence-corrected chi connectivity index (χ3v) is 3.83. The van der Waals surface area contributed by atoms with E-state index in [9.17, 15) is 14.7 Å². The topological polar surface area (TPSA) is 72.8 Å². The second kappa shape index (κ2) is 10.8. The third-order valence-electron chi connectivity index (χ3n) is 3.83. The van der Waals surface area contributed by atoms with E-state index in [4.69, 9.17) is 4.74 Å². The molecule has 2 rings (SSSR count). The van der Waals surface area contributed by atoms with Crippen LogP contribution in [0.2, 0.25) is 0 Å². The molecule has 0 saturated heterocycles. The maximum Gasteiger partial charge on any atom is 1.00 e. The summed E-state index contributed by atoms with van der Waals surface area (Å²) in [6.45, 7) is 3.70. The number of ketones is 1. The molecule has 0 aliphatic carbocycles. The molecule has 2 unspecified atom stereocenters. The van der Waals surface area contributed by atoms with Gasteiger partial charge in [-0.3, -0.25) is 4.79 Å². The van der Waals surface area contributed by atoms with E-state index < -0.39 is 23.8 Å². The summed E-state index contributed by atoms with van der Waals surface area (Å²) in [5.74, 6) is -1.88. The number of aliphatic hydroxyl groups excluding tert-OH is 1. The molecule has 0 aromatic heterocycles. The number of esters is 1. The number of hydrogen-bond donors (Lipinski definition) is 1. The van der Waals surface area contributed by atoms with Crippen molar-refractivity contribution in [2.45, 2.75) is 26.6 Å². The molecule has 2 aromatic rings. The van der Waals surface area contributed by atoms with Gasteiger partial charge in [-0.05, 0) is 30.2 Å². The van der Waals surface area contributed by atoms with Crippen LogP contribution in [-0.4, -0.2) is 23.5 Å². The van der Waals surface area contributed by atoms with Crippen LogP contribution >= 0.6 is 0 Å². The van der Waals surface area contributed by atoms with E-state index in [-0.39, 0.29) is 26.9 Å². The second-order valence-electron chi connectivity index (χ2n) is 5.66. The van der Waals surface area contributed by atoms with E-state index in [1.54, 1.807) is 31.2 Å². The molecule has 1 N–H and O–H groups in total. The van der Waals surface area contributed by atoms with E-state index >= 15 is 0 Å². The number of rotatable bonds is 8. The monoisotopic (exact) mass is 350 g/mol. The van der Waals surface area contributed by atoms with Crippen LogP contribution in [0.25, 0.3) is 0 Å². The molecular weight excluding hydrogens is 327 g/mol. The Kier molecular flexibility index (Phi) is 9.15. The molecule has 0 aliphatic heterocycles. The van der Waals surface area contributed by atoms with Gasteiger partial charge in [0.05, 0.1) is 18.6 Å². The first kappa shape index (κ1) is 22.0. The summed E-state index contributed by atoms with van der Waals surface area (Å²) in [5, 5.41) is 10.3. The molecule has 134 valence electrons. The Hall–Kier alpha value is -2.06. The predicted octanol–water partition coefficient (Wildman–Crippen LogP) is 0.184. The van der Waals surface area contributed by atoms with Crippen molar-refractivity contribution < 1.29 is 44.5 Å². The maximum absolute atomic E-state index is 11.9. The van der Waals surface area contributed by atoms with Gasteiger partial charge in [0, 0.05) is 0 Å². The molecule has 0 spiro atoms. The van der Waals surface area contributed by atoms with Gasteiger partial charge in [0.2, 0.25) is 5.78 Å². The Morgan fingerprint density at radius 1 is 1.08 bits per heavy atom. The minimum absolute atomic E-state index is 0. The standard InChI is InChI=1S/C20H22O5.Li.H/c1-3-24-20(23)19(22)14(2)18(21)16-9-11-17(12-10-16)25-13-15-7-5-4-6-8-15;;/h4-12,14,18,21H,3,13H2,1-2H3;;/q;+1;-1. The number of benzene rings is 2. The maximum atomic E-state index is 11.9. The molecule has 0 saturated carbocycles. The Labute approximate surface area is 167 Å². The van der Waals surface area contributed by atoms with Gasteiger partial charge in [0.15, 0.2) is 0 Å². The Bertz CT molecular complexity index is 706. The number of ether oxygens (including phenoxy) is 2. The van der Waals surface area contributed by atoms with Crippen LogP contribution in [0.4, 0.5) is 0 Å². The summed E-state index contributed by atoms with van der Waals surface area (Å²) in [4.78, 5) is 23.4. The van der Waals surface area contributed by atoms with Crippen LogP contribution in [0.3, 0.4) is 0 Å². The van der Waals surface area contributed by atoms with Crippen molar-refractivity contribution in [2.24, 2.45) is 5.92 Å². The van der Waals surface area contributed by atoms with Crippen molar-refractivity contribution in [2.75, 3.05) is 6.61 Å². The molecule has 0 radical (unpaired) electrons. The number of hydrogen-bond acceptors (Lipinski definition) is 5. The van der Waals surface area contributed by atoms with Gasteiger partial charge in [-0.25, -0.2) is 4.79 Å². The molecule has 0 fully saturated rings. The first-order valence-corrected chi connectivity index (χ1v) is 8.18. The first-order valence-electron chi connectivity index (χ1n) is 8.18. The van der Waals surface area contributed by atoms with Crippen LogP contribution in [0.1, 0.15) is 32.5 Å². The minimum atomic E-state index is -1.08. The predicted molar refractivity (Wildman–Crippen MR) is 94.1 cm³/mol. The number of carbonyl (C=O) groups excluding carboxylic acids is 2. The zero-order valence-corrected chi connectivity index (χ0v) is 15.3. The van der Waals surface area contributed by atoms with E-state index in [2.05, 4.69) is 4.74 Å². The fourth-order valence-corrected chi connectivity index (χ4v) is 2.32. The molecule has 0 bridgehead atoms. The van der Waals surface area contributed by atoms with Crippen LogP contribution < -0.4 is 23.6 Å². The molecule has 0 amide bonds. The number of aliphatic hydroxyl groups is 1. The van der Waals surface area contributed by atoms with Crippen molar-refractivity contribution in [1.29, 1.82) is 0 Å². The van der Waals surface area contributed by atoms with E-state index in [1.165, 1.54) is 6.92 Å². The van der Waals surface area contributed by atoms with Gasteiger partial charge in [-0.2, -0.15) is 0 Å². The summed E-state index contributed by atoms with van der Waals surface area (Å²) in [6, 6.07) is 16.6. The SMILES string of the molecule is CCOC(=O)C(=O)C(C)C(O)c1ccc(OCc2ccccc2)cc1.[H-].[Li+]. The molecule has 6 heteroatoms. The van der Waals surface area contributed by atoms with Gasteiger partial charge in [0.25, 0.3) is 0 Å². The van der Waals surface area contributed by atoms with Crippen molar-refractivity contribution in [3.63, 3.8) is 0 Å². The summed E-state index contributed by atoms with van der Waals surface area (Å²) < 4.78 is 10.4. The van der Waals surface area contributed by atoms with Crippen molar-refractivity contribution in [3.05, 3.63) is 65.7 Å². The van der Waals surface area contributed by atoms with Crippen LogP contribution in [0.15, 0.2) is 54.6 Å². The quantitative estimate of drug-likeness (QED) is 0.418. The summed E-state index contributed by atoms with van der Waals surface area (Å²) >= 11 is 0. The Morgan fingerprint density at radius 3 is 2.27 bits per heavy atom. The molecule has 2 atom stereocenters. The van der Waals surface area contributed by atoms with Gasteiger partial charge >= 0.3 is 24.8 Å². The third kappa shape index (κ3) is 6.03. The largest absolute Gasteiger partial charge is 1.00 e. The van der Waals surface area contributed by atoms with Gasteiger partial charge < -0.3 is 16.0 Å². The summed E-state index contributed by atoms with van der Waals surface area (Å²) in [6.07, 6.45) is -1.08. The van der Waals surface area contributed by atoms with Crippen molar-refractivity contribution in [1.82, 2.24) is 0 Å². The number of Topliss-reactive ketones (excluding diaryl/α,β-unsaturated/α-hetero) is 1. The fraction of sp³-hybridized carbons (Fsp3) is 0.300. The van der Waals surface area contributed by atoms with Gasteiger partial charge in [-0.1, -0.05) is 49.4 Å². The zero-order chi connectivity index (χ0) is 18.2. The number of carbonyl (C=O) groups is 2. The Morgan fingerprint density at radius 2 is 1.69 bits per heavy atom. The van der Waals surface area contributed by atoms with Crippen LogP contribution in [0.5, 0.6) is 5.75 Å². The molecule has 26 heavy (non-hydrogen) atoms. The van der Waals surface area contributed by atoms with Crippen LogP contribution in [0, 0.1) is 5.92 Å². The molecule has 0 aliphatic rings. The normalized spacial score (nSPS) is 12.4. The average Bonchev–Trinajstić information content (AvgIpc) is 2.66. The van der Waals surface area contributed by atoms with Gasteiger partial charge in [-0.15, -0.1) is 0 Å². The summed E-state index contributed by atoms with van der Waals surface area (Å²) in [7, 11) is 0. The van der Waals surface area contributed by atoms with Crippen LogP contribution in [-0.2, 0) is 20.9 Å². The first-order chi connectivity index (χ1) is 12.0. The molecular formula is C20H23LiO5. The summed E-state index contributed by atoms with van der Waals surface area (Å²) in [5.41, 5.74) is 1.59. The van der Waals surface area contributed by atoms with E-state index in [1.807, 2.05) is 30.3 Å². The molecule has 2 aromatic carbocycles. The minimum Gasteiger partial charge on any atom is -1.00 e. The molecule has 5 nitrogen and oxygen atoms in total. The molecule has 0 heterocycles. The van der Waals surface area contributed by atoms with Crippen molar-refractivity contribution >= 4 is 11.8 Å². The average molecular weight is 350 g/mol. The van der Waals surface area contributed by atoms with Crippen molar-refractivity contribution in [3.8, 4) is 5.75 Å². The smallest absolute Gasteiger partial charge is 1.00 e. The van der Waals surface area contributed by atoms with E-state index in [0.29, 0.717) is 17.9 Å². The fourth-order valence-electron chi connectivity index (χ4n) is 2.32. The Balaban J connectivity index is 0.00000338. The van der Waals surface area contributed by atoms with E-state index in [0.717, 1.165) is 5.56 Å².